The van der Waals surface area contributed by atoms with E-state index in [9.17, 15) is 14.9 Å². The number of thioether (sulfide) groups is 1. The summed E-state index contributed by atoms with van der Waals surface area (Å²) in [6.07, 6.45) is -0.394. The van der Waals surface area contributed by atoms with Crippen LogP contribution in [-0.2, 0) is 11.8 Å². The molecule has 0 bridgehead atoms. The Labute approximate surface area is 189 Å². The van der Waals surface area contributed by atoms with E-state index >= 15 is 0 Å². The van der Waals surface area contributed by atoms with Crippen LogP contribution in [0.4, 0.5) is 11.4 Å². The van der Waals surface area contributed by atoms with Gasteiger partial charge in [0.05, 0.1) is 17.8 Å². The van der Waals surface area contributed by atoms with E-state index in [-0.39, 0.29) is 17.3 Å². The van der Waals surface area contributed by atoms with Crippen LogP contribution in [0.1, 0.15) is 24.4 Å². The molecule has 32 heavy (non-hydrogen) atoms. The maximum absolute atomic E-state index is 12.4. The Hall–Kier alpha value is -3.60. The van der Waals surface area contributed by atoms with E-state index in [2.05, 4.69) is 15.5 Å². The number of aromatic nitrogens is 3. The van der Waals surface area contributed by atoms with E-state index in [1.54, 1.807) is 25.6 Å². The Bertz CT molecular complexity index is 1130. The van der Waals surface area contributed by atoms with Crippen molar-refractivity contribution >= 4 is 29.0 Å². The number of nitrogens with one attached hydrogen (secondary N) is 1. The fourth-order valence-corrected chi connectivity index (χ4v) is 3.70. The largest absolute Gasteiger partial charge is 0.493 e. The highest BCUT2D eigenvalue weighted by molar-refractivity contribution is 7.99. The highest BCUT2D eigenvalue weighted by Crippen LogP contribution is 2.31. The van der Waals surface area contributed by atoms with Gasteiger partial charge in [-0.25, -0.2) is 0 Å². The molecule has 1 N–H and O–H groups in total. The van der Waals surface area contributed by atoms with Crippen molar-refractivity contribution in [2.24, 2.45) is 7.05 Å². The number of benzene rings is 2. The van der Waals surface area contributed by atoms with Crippen molar-refractivity contribution in [1.29, 1.82) is 0 Å². The number of non-ortho nitro benzene ring substituents is 1. The molecular formula is C21H23N5O5S. The Balaban J connectivity index is 1.61. The molecule has 0 aliphatic rings. The van der Waals surface area contributed by atoms with Crippen molar-refractivity contribution in [3.8, 4) is 11.5 Å². The van der Waals surface area contributed by atoms with Crippen molar-refractivity contribution in [1.82, 2.24) is 14.8 Å². The SMILES string of the molecule is COc1ccccc1OC(C)c1nnc(SCC(=O)Nc2ccc([N+](=O)[O-])cc2C)n1C. The maximum Gasteiger partial charge on any atom is 0.269 e. The van der Waals surface area contributed by atoms with Crippen molar-refractivity contribution in [3.63, 3.8) is 0 Å². The van der Waals surface area contributed by atoms with Crippen LogP contribution in [0.15, 0.2) is 47.6 Å². The van der Waals surface area contributed by atoms with Crippen molar-refractivity contribution < 1.29 is 19.2 Å². The van der Waals surface area contributed by atoms with Gasteiger partial charge in [0, 0.05) is 24.9 Å². The molecule has 0 fully saturated rings. The summed E-state index contributed by atoms with van der Waals surface area (Å²) in [6.45, 7) is 3.56. The van der Waals surface area contributed by atoms with E-state index in [1.165, 1.54) is 30.0 Å². The van der Waals surface area contributed by atoms with E-state index in [1.807, 2.05) is 31.2 Å². The van der Waals surface area contributed by atoms with Crippen LogP contribution >= 0.6 is 11.8 Å². The Kier molecular flexibility index (Phi) is 7.31. The molecule has 1 atom stereocenters. The molecule has 1 heterocycles. The van der Waals surface area contributed by atoms with Crippen molar-refractivity contribution in [2.45, 2.75) is 25.1 Å². The molecule has 168 valence electrons. The summed E-state index contributed by atoms with van der Waals surface area (Å²) in [5.41, 5.74) is 1.12. The van der Waals surface area contributed by atoms with Crippen LogP contribution in [0.2, 0.25) is 0 Å². The fraction of sp³-hybridized carbons (Fsp3) is 0.286. The first-order chi connectivity index (χ1) is 15.3. The number of methoxy groups -OCH3 is 1. The lowest BCUT2D eigenvalue weighted by Crippen LogP contribution is -2.15. The normalized spacial score (nSPS) is 11.6. The maximum atomic E-state index is 12.4. The molecule has 0 aliphatic heterocycles. The van der Waals surface area contributed by atoms with Gasteiger partial charge in [0.15, 0.2) is 28.6 Å². The predicted molar refractivity (Wildman–Crippen MR) is 120 cm³/mol. The second-order valence-electron chi connectivity index (χ2n) is 6.90. The summed E-state index contributed by atoms with van der Waals surface area (Å²) in [7, 11) is 3.38. The second-order valence-corrected chi connectivity index (χ2v) is 7.85. The van der Waals surface area contributed by atoms with Crippen LogP contribution in [-0.4, -0.2) is 38.5 Å². The summed E-state index contributed by atoms with van der Waals surface area (Å²) < 4.78 is 13.1. The van der Waals surface area contributed by atoms with Gasteiger partial charge >= 0.3 is 0 Å². The minimum Gasteiger partial charge on any atom is -0.493 e. The summed E-state index contributed by atoms with van der Waals surface area (Å²) in [5.74, 6) is 1.66. The summed E-state index contributed by atoms with van der Waals surface area (Å²) in [6, 6.07) is 11.6. The first-order valence-electron chi connectivity index (χ1n) is 9.66. The number of aryl methyl sites for hydroxylation is 1. The number of rotatable bonds is 9. The standard InChI is InChI=1S/C21H23N5O5S/c1-13-11-15(26(28)29)9-10-16(13)22-19(27)12-32-21-24-23-20(25(21)3)14(2)31-18-8-6-5-7-17(18)30-4/h5-11,14H,12H2,1-4H3,(H,22,27). The second kappa shape index (κ2) is 10.1. The number of nitro groups is 1. The van der Waals surface area contributed by atoms with Crippen molar-refractivity contribution in [2.75, 3.05) is 18.2 Å². The van der Waals surface area contributed by atoms with Gasteiger partial charge in [0.2, 0.25) is 5.91 Å². The first-order valence-corrected chi connectivity index (χ1v) is 10.7. The van der Waals surface area contributed by atoms with E-state index in [0.717, 1.165) is 0 Å². The van der Waals surface area contributed by atoms with Crippen LogP contribution in [0.25, 0.3) is 0 Å². The molecule has 1 amide bonds. The molecule has 11 heteroatoms. The summed E-state index contributed by atoms with van der Waals surface area (Å²) in [4.78, 5) is 22.7. The zero-order valence-electron chi connectivity index (χ0n) is 18.1. The van der Waals surface area contributed by atoms with E-state index < -0.39 is 11.0 Å². The molecule has 0 radical (unpaired) electrons. The van der Waals surface area contributed by atoms with Gasteiger partial charge in [-0.2, -0.15) is 0 Å². The molecule has 0 aliphatic carbocycles. The van der Waals surface area contributed by atoms with Gasteiger partial charge in [-0.1, -0.05) is 23.9 Å². The number of carbonyl (C=O) groups excluding carboxylic acids is 1. The Morgan fingerprint density at radius 2 is 1.97 bits per heavy atom. The van der Waals surface area contributed by atoms with Gasteiger partial charge in [0.1, 0.15) is 0 Å². The average molecular weight is 458 g/mol. The molecular weight excluding hydrogens is 434 g/mol. The van der Waals surface area contributed by atoms with Crippen LogP contribution in [0.5, 0.6) is 11.5 Å². The van der Waals surface area contributed by atoms with Gasteiger partial charge < -0.3 is 19.4 Å². The molecule has 3 rings (SSSR count). The third-order valence-electron chi connectivity index (χ3n) is 4.63. The number of carbonyl (C=O) groups is 1. The Morgan fingerprint density at radius 3 is 2.62 bits per heavy atom. The van der Waals surface area contributed by atoms with Gasteiger partial charge in [-0.15, -0.1) is 10.2 Å². The highest BCUT2D eigenvalue weighted by atomic mass is 32.2. The molecule has 2 aromatic carbocycles. The van der Waals surface area contributed by atoms with Gasteiger partial charge in [-0.05, 0) is 37.6 Å². The molecule has 1 unspecified atom stereocenters. The monoisotopic (exact) mass is 457 g/mol. The number of para-hydroxylation sites is 2. The first kappa shape index (κ1) is 23.1. The lowest BCUT2D eigenvalue weighted by molar-refractivity contribution is -0.384. The zero-order valence-corrected chi connectivity index (χ0v) is 18.9. The number of ether oxygens (including phenoxy) is 2. The Morgan fingerprint density at radius 1 is 1.25 bits per heavy atom. The number of hydrogen-bond acceptors (Lipinski definition) is 8. The minimum absolute atomic E-state index is 0.0223. The molecule has 3 aromatic rings. The average Bonchev–Trinajstić information content (AvgIpc) is 3.14. The number of amides is 1. The smallest absolute Gasteiger partial charge is 0.269 e. The summed E-state index contributed by atoms with van der Waals surface area (Å²) in [5, 5.41) is 22.5. The number of hydrogen-bond donors (Lipinski definition) is 1. The lowest BCUT2D eigenvalue weighted by Gasteiger charge is -2.16. The van der Waals surface area contributed by atoms with Gasteiger partial charge in [-0.3, -0.25) is 14.9 Å². The molecule has 0 saturated heterocycles. The number of anilines is 1. The van der Waals surface area contributed by atoms with E-state index in [4.69, 9.17) is 9.47 Å². The van der Waals surface area contributed by atoms with Crippen LogP contribution in [0.3, 0.4) is 0 Å². The van der Waals surface area contributed by atoms with E-state index in [0.29, 0.717) is 33.7 Å². The van der Waals surface area contributed by atoms with Gasteiger partial charge in [0.25, 0.3) is 5.69 Å². The lowest BCUT2D eigenvalue weighted by atomic mass is 10.2. The molecule has 10 nitrogen and oxygen atoms in total. The third-order valence-corrected chi connectivity index (χ3v) is 5.65. The van der Waals surface area contributed by atoms with Crippen molar-refractivity contribution in [3.05, 3.63) is 64.0 Å². The predicted octanol–water partition coefficient (Wildman–Crippen LogP) is 3.91. The number of nitro benzene ring substituents is 1. The zero-order chi connectivity index (χ0) is 23.3. The molecule has 0 spiro atoms. The summed E-state index contributed by atoms with van der Waals surface area (Å²) >= 11 is 1.23. The quantitative estimate of drug-likeness (QED) is 0.292. The minimum atomic E-state index is -0.474. The number of nitrogens with zero attached hydrogens (tertiary/aromatic N) is 4. The van der Waals surface area contributed by atoms with Crippen LogP contribution < -0.4 is 14.8 Å². The highest BCUT2D eigenvalue weighted by Gasteiger charge is 2.19. The molecule has 1 aromatic heterocycles. The van der Waals surface area contributed by atoms with Crippen LogP contribution in [0, 0.1) is 17.0 Å². The third kappa shape index (κ3) is 5.35. The fourth-order valence-electron chi connectivity index (χ4n) is 2.98. The topological polar surface area (TPSA) is 121 Å². The molecule has 0 saturated carbocycles.